The van der Waals surface area contributed by atoms with Crippen LogP contribution in [0.4, 0.5) is 5.95 Å². The highest BCUT2D eigenvalue weighted by Crippen LogP contribution is 2.22. The molecular formula is C13H24N4. The monoisotopic (exact) mass is 236 g/mol. The Balaban J connectivity index is 1.97. The molecule has 0 spiro atoms. The number of aryl methyl sites for hydroxylation is 2. The van der Waals surface area contributed by atoms with Gasteiger partial charge in [-0.2, -0.15) is 0 Å². The Morgan fingerprint density at radius 2 is 2.12 bits per heavy atom. The first-order valence-corrected chi connectivity index (χ1v) is 6.66. The lowest BCUT2D eigenvalue weighted by molar-refractivity contribution is 0.389. The molecule has 0 aromatic carbocycles. The minimum absolute atomic E-state index is 0.835. The predicted octanol–water partition coefficient (Wildman–Crippen LogP) is 1.42. The van der Waals surface area contributed by atoms with Gasteiger partial charge in [0.15, 0.2) is 0 Å². The highest BCUT2D eigenvalue weighted by molar-refractivity contribution is 5.33. The van der Waals surface area contributed by atoms with Crippen LogP contribution in [0.2, 0.25) is 0 Å². The van der Waals surface area contributed by atoms with Crippen molar-refractivity contribution in [1.82, 2.24) is 14.9 Å². The van der Waals surface area contributed by atoms with Gasteiger partial charge in [-0.05, 0) is 38.8 Å². The summed E-state index contributed by atoms with van der Waals surface area (Å²) in [4.78, 5) is 7.12. The minimum Gasteiger partial charge on any atom is -0.342 e. The molecule has 2 rings (SSSR count). The zero-order valence-corrected chi connectivity index (χ0v) is 11.2. The Kier molecular flexibility index (Phi) is 4.05. The first-order chi connectivity index (χ1) is 8.24. The molecule has 0 atom stereocenters. The number of aromatic nitrogens is 2. The van der Waals surface area contributed by atoms with Crippen LogP contribution in [0.1, 0.15) is 25.5 Å². The third kappa shape index (κ3) is 2.80. The summed E-state index contributed by atoms with van der Waals surface area (Å²) >= 11 is 0. The number of nitrogens with zero attached hydrogens (tertiary/aromatic N) is 3. The molecule has 96 valence electrons. The molecule has 1 aliphatic rings. The SMILES string of the molecule is CCc1cn(C)c(N2CCC(CNC)CC2)n1. The summed E-state index contributed by atoms with van der Waals surface area (Å²) in [5.41, 5.74) is 1.19. The van der Waals surface area contributed by atoms with Gasteiger partial charge in [-0.1, -0.05) is 6.92 Å². The highest BCUT2D eigenvalue weighted by atomic mass is 15.3. The number of hydrogen-bond donors (Lipinski definition) is 1. The molecule has 0 amide bonds. The molecule has 1 fully saturated rings. The van der Waals surface area contributed by atoms with Gasteiger partial charge in [-0.15, -0.1) is 0 Å². The predicted molar refractivity (Wildman–Crippen MR) is 71.4 cm³/mol. The maximum Gasteiger partial charge on any atom is 0.205 e. The van der Waals surface area contributed by atoms with Crippen LogP contribution in [-0.2, 0) is 13.5 Å². The van der Waals surface area contributed by atoms with E-state index in [0.29, 0.717) is 0 Å². The van der Waals surface area contributed by atoms with Crippen LogP contribution in [0.25, 0.3) is 0 Å². The van der Waals surface area contributed by atoms with E-state index in [1.165, 1.54) is 18.5 Å². The summed E-state index contributed by atoms with van der Waals surface area (Å²) in [6, 6.07) is 0. The van der Waals surface area contributed by atoms with Gasteiger partial charge in [0.1, 0.15) is 0 Å². The Labute approximate surface area is 104 Å². The largest absolute Gasteiger partial charge is 0.342 e. The van der Waals surface area contributed by atoms with E-state index in [1.54, 1.807) is 0 Å². The molecule has 2 heterocycles. The zero-order chi connectivity index (χ0) is 12.3. The molecule has 0 bridgehead atoms. The normalized spacial score (nSPS) is 17.7. The average molecular weight is 236 g/mol. The van der Waals surface area contributed by atoms with Crippen molar-refractivity contribution in [3.8, 4) is 0 Å². The number of piperidine rings is 1. The van der Waals surface area contributed by atoms with E-state index in [2.05, 4.69) is 35.0 Å². The molecule has 1 aromatic heterocycles. The molecule has 4 nitrogen and oxygen atoms in total. The number of imidazole rings is 1. The molecule has 4 heteroatoms. The molecule has 0 radical (unpaired) electrons. The molecule has 1 aromatic rings. The van der Waals surface area contributed by atoms with Crippen molar-refractivity contribution in [3.63, 3.8) is 0 Å². The van der Waals surface area contributed by atoms with Crippen LogP contribution in [-0.4, -0.2) is 36.2 Å². The van der Waals surface area contributed by atoms with Crippen LogP contribution < -0.4 is 10.2 Å². The van der Waals surface area contributed by atoms with E-state index in [-0.39, 0.29) is 0 Å². The summed E-state index contributed by atoms with van der Waals surface area (Å²) in [6.45, 7) is 5.58. The average Bonchev–Trinajstić information content (AvgIpc) is 2.72. The van der Waals surface area contributed by atoms with Crippen molar-refractivity contribution in [2.75, 3.05) is 31.6 Å². The van der Waals surface area contributed by atoms with Crippen molar-refractivity contribution in [3.05, 3.63) is 11.9 Å². The summed E-state index contributed by atoms with van der Waals surface area (Å²) < 4.78 is 2.16. The fourth-order valence-corrected chi connectivity index (χ4v) is 2.61. The highest BCUT2D eigenvalue weighted by Gasteiger charge is 2.21. The maximum absolute atomic E-state index is 4.70. The van der Waals surface area contributed by atoms with Crippen molar-refractivity contribution >= 4 is 5.95 Å². The Morgan fingerprint density at radius 1 is 1.41 bits per heavy atom. The fraction of sp³-hybridized carbons (Fsp3) is 0.769. The minimum atomic E-state index is 0.835. The first kappa shape index (κ1) is 12.4. The van der Waals surface area contributed by atoms with Crippen molar-refractivity contribution in [2.45, 2.75) is 26.2 Å². The van der Waals surface area contributed by atoms with E-state index in [1.807, 2.05) is 7.05 Å². The topological polar surface area (TPSA) is 33.1 Å². The molecule has 1 N–H and O–H groups in total. The fourth-order valence-electron chi connectivity index (χ4n) is 2.61. The third-order valence-electron chi connectivity index (χ3n) is 3.65. The smallest absolute Gasteiger partial charge is 0.205 e. The summed E-state index contributed by atoms with van der Waals surface area (Å²) in [6.07, 6.45) is 5.71. The summed E-state index contributed by atoms with van der Waals surface area (Å²) in [5, 5.41) is 3.28. The maximum atomic E-state index is 4.70. The van der Waals surface area contributed by atoms with Crippen LogP contribution in [0.3, 0.4) is 0 Å². The molecule has 0 saturated carbocycles. The Morgan fingerprint density at radius 3 is 2.65 bits per heavy atom. The second-order valence-electron chi connectivity index (χ2n) is 4.98. The van der Waals surface area contributed by atoms with E-state index < -0.39 is 0 Å². The molecule has 0 aliphatic carbocycles. The first-order valence-electron chi connectivity index (χ1n) is 6.66. The van der Waals surface area contributed by atoms with Gasteiger partial charge in [-0.25, -0.2) is 4.98 Å². The van der Waals surface area contributed by atoms with E-state index in [4.69, 9.17) is 4.98 Å². The molecule has 1 aliphatic heterocycles. The number of hydrogen-bond acceptors (Lipinski definition) is 3. The van der Waals surface area contributed by atoms with Crippen LogP contribution in [0.5, 0.6) is 0 Å². The van der Waals surface area contributed by atoms with Crippen LogP contribution in [0.15, 0.2) is 6.20 Å². The van der Waals surface area contributed by atoms with E-state index in [9.17, 15) is 0 Å². The second kappa shape index (κ2) is 5.54. The lowest BCUT2D eigenvalue weighted by atomic mass is 9.97. The molecular weight excluding hydrogens is 212 g/mol. The van der Waals surface area contributed by atoms with E-state index in [0.717, 1.165) is 37.9 Å². The standard InChI is InChI=1S/C13H24N4/c1-4-12-10-16(3)13(15-12)17-7-5-11(6-8-17)9-14-2/h10-11,14H,4-9H2,1-3H3. The van der Waals surface area contributed by atoms with Crippen molar-refractivity contribution in [2.24, 2.45) is 13.0 Å². The Bertz CT molecular complexity index is 350. The lowest BCUT2D eigenvalue weighted by Gasteiger charge is -2.32. The molecule has 1 saturated heterocycles. The van der Waals surface area contributed by atoms with Gasteiger partial charge < -0.3 is 14.8 Å². The summed E-state index contributed by atoms with van der Waals surface area (Å²) in [5.74, 6) is 1.98. The van der Waals surface area contributed by atoms with Gasteiger partial charge in [0.2, 0.25) is 5.95 Å². The van der Waals surface area contributed by atoms with Gasteiger partial charge in [0.25, 0.3) is 0 Å². The van der Waals surface area contributed by atoms with E-state index >= 15 is 0 Å². The van der Waals surface area contributed by atoms with Crippen molar-refractivity contribution < 1.29 is 0 Å². The summed E-state index contributed by atoms with van der Waals surface area (Å²) in [7, 11) is 4.14. The number of anilines is 1. The van der Waals surface area contributed by atoms with Gasteiger partial charge >= 0.3 is 0 Å². The van der Waals surface area contributed by atoms with Gasteiger partial charge in [-0.3, -0.25) is 0 Å². The van der Waals surface area contributed by atoms with Gasteiger partial charge in [0.05, 0.1) is 5.69 Å². The van der Waals surface area contributed by atoms with Crippen LogP contribution >= 0.6 is 0 Å². The van der Waals surface area contributed by atoms with Gasteiger partial charge in [0, 0.05) is 26.3 Å². The Hall–Kier alpha value is -1.03. The quantitative estimate of drug-likeness (QED) is 0.858. The second-order valence-corrected chi connectivity index (χ2v) is 4.98. The number of rotatable bonds is 4. The lowest BCUT2D eigenvalue weighted by Crippen LogP contribution is -2.37. The molecule has 17 heavy (non-hydrogen) atoms. The van der Waals surface area contributed by atoms with Crippen LogP contribution in [0, 0.1) is 5.92 Å². The van der Waals surface area contributed by atoms with Crippen molar-refractivity contribution in [1.29, 1.82) is 0 Å². The third-order valence-corrected chi connectivity index (χ3v) is 3.65. The zero-order valence-electron chi connectivity index (χ0n) is 11.2. The number of nitrogens with one attached hydrogen (secondary N) is 1. The molecule has 0 unspecified atom stereocenters.